The number of hydrogen-bond acceptors (Lipinski definition) is 5. The molecule has 8 nitrogen and oxygen atoms in total. The van der Waals surface area contributed by atoms with Crippen molar-refractivity contribution in [1.82, 2.24) is 10.6 Å². The Morgan fingerprint density at radius 2 is 1.55 bits per heavy atom. The van der Waals surface area contributed by atoms with Gasteiger partial charge in [0.05, 0.1) is 12.0 Å². The van der Waals surface area contributed by atoms with Crippen LogP contribution in [0.1, 0.15) is 20.0 Å². The molecule has 1 aromatic heterocycles. The van der Waals surface area contributed by atoms with Gasteiger partial charge in [-0.25, -0.2) is 4.79 Å². The van der Waals surface area contributed by atoms with Gasteiger partial charge in [0.2, 0.25) is 0 Å². The van der Waals surface area contributed by atoms with Gasteiger partial charge in [-0.15, -0.1) is 11.3 Å². The van der Waals surface area contributed by atoms with Crippen molar-refractivity contribution in [2.45, 2.75) is 0 Å². The molecule has 3 aromatic rings. The molecule has 160 valence electrons. The normalized spacial score (nSPS) is 10.1. The maximum absolute atomic E-state index is 12.2. The number of carbonyl (C=O) groups excluding carboxylic acids is 3. The summed E-state index contributed by atoms with van der Waals surface area (Å²) in [4.78, 5) is 36.8. The highest BCUT2D eigenvalue weighted by Gasteiger charge is 2.08. The van der Waals surface area contributed by atoms with E-state index in [0.29, 0.717) is 40.7 Å². The SMILES string of the molecule is COc1cccc(NC(=O)Nc2ccc(C(=O)NCCNC(=O)c3cccs3)cc2)c1. The van der Waals surface area contributed by atoms with Crippen LogP contribution in [0, 0.1) is 0 Å². The summed E-state index contributed by atoms with van der Waals surface area (Å²) in [5.74, 6) is 0.212. The van der Waals surface area contributed by atoms with E-state index in [2.05, 4.69) is 21.3 Å². The van der Waals surface area contributed by atoms with E-state index < -0.39 is 6.03 Å². The Morgan fingerprint density at radius 1 is 0.839 bits per heavy atom. The first-order valence-electron chi connectivity index (χ1n) is 9.47. The van der Waals surface area contributed by atoms with Crippen LogP contribution in [0.4, 0.5) is 16.2 Å². The second-order valence-electron chi connectivity index (χ2n) is 6.38. The Hall–Kier alpha value is -3.85. The van der Waals surface area contributed by atoms with Gasteiger partial charge in [0.1, 0.15) is 5.75 Å². The van der Waals surface area contributed by atoms with E-state index in [0.717, 1.165) is 0 Å². The lowest BCUT2D eigenvalue weighted by Gasteiger charge is -2.10. The van der Waals surface area contributed by atoms with Crippen molar-refractivity contribution in [3.05, 3.63) is 76.5 Å². The Bertz CT molecular complexity index is 1040. The zero-order chi connectivity index (χ0) is 22.1. The van der Waals surface area contributed by atoms with Crippen molar-refractivity contribution in [2.75, 3.05) is 30.8 Å². The summed E-state index contributed by atoms with van der Waals surface area (Å²) in [5.41, 5.74) is 1.59. The summed E-state index contributed by atoms with van der Waals surface area (Å²) >= 11 is 1.36. The summed E-state index contributed by atoms with van der Waals surface area (Å²) in [5, 5.41) is 12.7. The molecule has 3 rings (SSSR count). The van der Waals surface area contributed by atoms with Gasteiger partial charge in [0.15, 0.2) is 0 Å². The Balaban J connectivity index is 1.42. The summed E-state index contributed by atoms with van der Waals surface area (Å²) in [7, 11) is 1.55. The number of amides is 4. The largest absolute Gasteiger partial charge is 0.497 e. The number of carbonyl (C=O) groups is 3. The summed E-state index contributed by atoms with van der Waals surface area (Å²) in [6.07, 6.45) is 0. The van der Waals surface area contributed by atoms with E-state index in [1.165, 1.54) is 11.3 Å². The first-order valence-corrected chi connectivity index (χ1v) is 10.3. The molecule has 31 heavy (non-hydrogen) atoms. The van der Waals surface area contributed by atoms with Gasteiger partial charge in [-0.1, -0.05) is 12.1 Å². The minimum atomic E-state index is -0.410. The molecule has 0 saturated carbocycles. The molecule has 0 atom stereocenters. The molecule has 2 aromatic carbocycles. The number of hydrogen-bond donors (Lipinski definition) is 4. The first kappa shape index (κ1) is 21.8. The van der Waals surface area contributed by atoms with Gasteiger partial charge >= 0.3 is 6.03 Å². The second-order valence-corrected chi connectivity index (χ2v) is 7.33. The Labute approximate surface area is 183 Å². The highest BCUT2D eigenvalue weighted by Crippen LogP contribution is 2.17. The maximum Gasteiger partial charge on any atom is 0.323 e. The zero-order valence-electron chi connectivity index (χ0n) is 16.8. The summed E-state index contributed by atoms with van der Waals surface area (Å²) in [6.45, 7) is 0.630. The third-order valence-corrected chi connectivity index (χ3v) is 5.04. The van der Waals surface area contributed by atoms with E-state index in [-0.39, 0.29) is 11.8 Å². The van der Waals surface area contributed by atoms with Crippen LogP contribution in [0.5, 0.6) is 5.75 Å². The highest BCUT2D eigenvalue weighted by atomic mass is 32.1. The molecule has 4 amide bonds. The Kier molecular flexibility index (Phi) is 7.61. The van der Waals surface area contributed by atoms with E-state index in [1.807, 2.05) is 11.4 Å². The zero-order valence-corrected chi connectivity index (χ0v) is 17.6. The predicted octanol–water partition coefficient (Wildman–Crippen LogP) is 3.56. The van der Waals surface area contributed by atoms with Crippen molar-refractivity contribution < 1.29 is 19.1 Å². The molecule has 0 aliphatic heterocycles. The molecular formula is C22H22N4O4S. The highest BCUT2D eigenvalue weighted by molar-refractivity contribution is 7.12. The third-order valence-electron chi connectivity index (χ3n) is 4.17. The summed E-state index contributed by atoms with van der Waals surface area (Å²) in [6, 6.07) is 16.6. The Morgan fingerprint density at radius 3 is 2.23 bits per heavy atom. The number of benzene rings is 2. The molecular weight excluding hydrogens is 416 g/mol. The number of thiophene rings is 1. The van der Waals surface area contributed by atoms with E-state index in [1.54, 1.807) is 61.7 Å². The lowest BCUT2D eigenvalue weighted by Crippen LogP contribution is -2.34. The van der Waals surface area contributed by atoms with Crippen molar-refractivity contribution in [3.8, 4) is 5.75 Å². The third kappa shape index (κ3) is 6.58. The molecule has 1 heterocycles. The average Bonchev–Trinajstić information content (AvgIpc) is 3.32. The van der Waals surface area contributed by atoms with Crippen LogP contribution in [0.15, 0.2) is 66.0 Å². The molecule has 0 aliphatic rings. The number of nitrogens with one attached hydrogen (secondary N) is 4. The number of ether oxygens (including phenoxy) is 1. The molecule has 0 aliphatic carbocycles. The maximum atomic E-state index is 12.2. The van der Waals surface area contributed by atoms with Crippen molar-refractivity contribution >= 4 is 40.6 Å². The smallest absolute Gasteiger partial charge is 0.323 e. The predicted molar refractivity (Wildman–Crippen MR) is 121 cm³/mol. The van der Waals surface area contributed by atoms with Crippen LogP contribution in [0.3, 0.4) is 0 Å². The van der Waals surface area contributed by atoms with Crippen LogP contribution in [0.2, 0.25) is 0 Å². The molecule has 0 bridgehead atoms. The molecule has 0 radical (unpaired) electrons. The topological polar surface area (TPSA) is 109 Å². The fourth-order valence-corrected chi connectivity index (χ4v) is 3.29. The van der Waals surface area contributed by atoms with Crippen molar-refractivity contribution in [3.63, 3.8) is 0 Å². The second kappa shape index (κ2) is 10.8. The van der Waals surface area contributed by atoms with Crippen LogP contribution >= 0.6 is 11.3 Å². The van der Waals surface area contributed by atoms with Gasteiger partial charge in [-0.2, -0.15) is 0 Å². The monoisotopic (exact) mass is 438 g/mol. The van der Waals surface area contributed by atoms with Crippen LogP contribution in [-0.2, 0) is 0 Å². The quantitative estimate of drug-likeness (QED) is 0.403. The molecule has 0 saturated heterocycles. The fraction of sp³-hybridized carbons (Fsp3) is 0.136. The molecule has 9 heteroatoms. The van der Waals surface area contributed by atoms with Crippen molar-refractivity contribution in [1.29, 1.82) is 0 Å². The van der Waals surface area contributed by atoms with E-state index in [4.69, 9.17) is 4.74 Å². The summed E-state index contributed by atoms with van der Waals surface area (Å²) < 4.78 is 5.12. The average molecular weight is 439 g/mol. The minimum Gasteiger partial charge on any atom is -0.497 e. The molecule has 0 spiro atoms. The number of urea groups is 1. The molecule has 0 unspecified atom stereocenters. The van der Waals surface area contributed by atoms with Gasteiger partial charge in [-0.05, 0) is 47.8 Å². The van der Waals surface area contributed by atoms with Crippen LogP contribution < -0.4 is 26.0 Å². The van der Waals surface area contributed by atoms with Gasteiger partial charge in [0, 0.05) is 36.1 Å². The van der Waals surface area contributed by atoms with Gasteiger partial charge in [0.25, 0.3) is 11.8 Å². The van der Waals surface area contributed by atoms with Gasteiger partial charge in [-0.3, -0.25) is 9.59 Å². The van der Waals surface area contributed by atoms with E-state index >= 15 is 0 Å². The fourth-order valence-electron chi connectivity index (χ4n) is 2.65. The van der Waals surface area contributed by atoms with Gasteiger partial charge < -0.3 is 26.0 Å². The van der Waals surface area contributed by atoms with E-state index in [9.17, 15) is 14.4 Å². The lowest BCUT2D eigenvalue weighted by atomic mass is 10.2. The lowest BCUT2D eigenvalue weighted by molar-refractivity contribution is 0.0929. The van der Waals surface area contributed by atoms with Crippen LogP contribution in [-0.4, -0.2) is 38.0 Å². The van der Waals surface area contributed by atoms with Crippen LogP contribution in [0.25, 0.3) is 0 Å². The van der Waals surface area contributed by atoms with Crippen molar-refractivity contribution in [2.24, 2.45) is 0 Å². The first-order chi connectivity index (χ1) is 15.0. The molecule has 4 N–H and O–H groups in total. The minimum absolute atomic E-state index is 0.160. The number of anilines is 2. The molecule has 0 fully saturated rings. The number of methoxy groups -OCH3 is 1. The number of rotatable bonds is 8. The standard InChI is InChI=1S/C22H22N4O4S/c1-30-18-5-2-4-17(14-18)26-22(29)25-16-9-7-15(8-10-16)20(27)23-11-12-24-21(28)19-6-3-13-31-19/h2-10,13-14H,11-12H2,1H3,(H,23,27)(H,24,28)(H2,25,26,29).